The third-order valence-electron chi connectivity index (χ3n) is 8.50. The summed E-state index contributed by atoms with van der Waals surface area (Å²) in [5.41, 5.74) is -5.09. The Hall–Kier alpha value is -6.24. The van der Waals surface area contributed by atoms with E-state index in [9.17, 15) is 16.4 Å². The first-order valence-electron chi connectivity index (χ1n) is 28.5. The lowest BCUT2D eigenvalue weighted by Gasteiger charge is -2.19. The lowest BCUT2D eigenvalue weighted by atomic mass is 9.84. The molecule has 0 fully saturated rings. The van der Waals surface area contributed by atoms with Crippen molar-refractivity contribution in [1.82, 2.24) is 0 Å². The summed E-state index contributed by atoms with van der Waals surface area (Å²) in [5.74, 6) is 0. The second kappa shape index (κ2) is 9.64. The van der Waals surface area contributed by atoms with Gasteiger partial charge < -0.3 is 0 Å². The van der Waals surface area contributed by atoms with Gasteiger partial charge in [-0.05, 0) is 115 Å². The van der Waals surface area contributed by atoms with Crippen LogP contribution >= 0.6 is 0 Å². The predicted octanol–water partition coefficient (Wildman–Crippen LogP) is 13.6. The van der Waals surface area contributed by atoms with E-state index >= 15 is 0 Å². The SMILES string of the molecule is [2H]c1c([2H])c(-c2c([2H])c([2H])c([2H])c3c([2H])c([2H])c([2H])c([2H])c23)c(-c2c([2H])c([2H])c3c([2H])c([2H])c4c([2H])c([2H])c([2H])c5c([2H])c([2H])c2c3c45)c([2H])c1-c1c([2H])c([2H])c2c([2H])c([2H])c3c([2H])c([2H])c([2H])c4c([2H])c([2H])c1c2c34. The smallest absolute Gasteiger partial charge is 0.0616 e. The van der Waals surface area contributed by atoms with Gasteiger partial charge in [0.1, 0.15) is 0 Å². The summed E-state index contributed by atoms with van der Waals surface area (Å²) in [6.45, 7) is 0. The van der Waals surface area contributed by atoms with Crippen molar-refractivity contribution in [3.8, 4) is 33.4 Å². The van der Waals surface area contributed by atoms with Crippen molar-refractivity contribution in [3.05, 3.63) is 169 Å². The van der Waals surface area contributed by atoms with Crippen molar-refractivity contribution in [2.24, 2.45) is 0 Å². The molecule has 0 spiro atoms. The van der Waals surface area contributed by atoms with E-state index in [1.54, 1.807) is 0 Å². The molecule has 0 saturated carbocycles. The highest BCUT2D eigenvalue weighted by Gasteiger charge is 2.19. The van der Waals surface area contributed by atoms with Crippen LogP contribution in [-0.2, 0) is 0 Å². The molecule has 0 aromatic heterocycles. The Morgan fingerprint density at radius 1 is 0.250 bits per heavy atom. The van der Waals surface area contributed by atoms with Gasteiger partial charge in [-0.1, -0.05) is 163 Å². The predicted molar refractivity (Wildman–Crippen MR) is 208 cm³/mol. The Morgan fingerprint density at radius 3 is 1.35 bits per heavy atom. The van der Waals surface area contributed by atoms with E-state index in [2.05, 4.69) is 0 Å². The topological polar surface area (TPSA) is 0 Å². The molecule has 11 aromatic rings. The highest BCUT2D eigenvalue weighted by Crippen LogP contribution is 2.46. The zero-order chi connectivity index (χ0) is 55.7. The molecule has 0 radical (unpaired) electrons. The Balaban J connectivity index is 1.49. The first-order chi connectivity index (χ1) is 35.5. The van der Waals surface area contributed by atoms with Crippen LogP contribution in [0.25, 0.3) is 109 Å². The molecule has 0 heteroatoms. The Bertz CT molecular complexity index is 4600. The second-order valence-corrected chi connectivity index (χ2v) is 11.0. The van der Waals surface area contributed by atoms with E-state index in [1.165, 1.54) is 0 Å². The second-order valence-electron chi connectivity index (χ2n) is 11.0. The van der Waals surface area contributed by atoms with Gasteiger partial charge in [-0.15, -0.1) is 0 Å². The van der Waals surface area contributed by atoms with Crippen LogP contribution in [0, 0.1) is 0 Å². The quantitative estimate of drug-likeness (QED) is 0.170. The normalized spacial score (nSPS) is 20.3. The van der Waals surface area contributed by atoms with Gasteiger partial charge in [0, 0.05) is 0 Å². The molecule has 0 aliphatic rings. The summed E-state index contributed by atoms with van der Waals surface area (Å²) >= 11 is 0. The van der Waals surface area contributed by atoms with Crippen LogP contribution in [-0.4, -0.2) is 0 Å². The van der Waals surface area contributed by atoms with Gasteiger partial charge in [-0.2, -0.15) is 0 Å². The number of benzene rings is 11. The Kier molecular flexibility index (Phi) is 2.19. The van der Waals surface area contributed by atoms with Crippen molar-refractivity contribution in [1.29, 1.82) is 0 Å². The molecule has 220 valence electrons. The highest BCUT2D eigenvalue weighted by atomic mass is 14.2. The molecular formula is C48H28. The van der Waals surface area contributed by atoms with Crippen molar-refractivity contribution in [3.63, 3.8) is 0 Å². The number of rotatable bonds is 3. The fourth-order valence-corrected chi connectivity index (χ4v) is 6.41. The number of hydrogen-bond acceptors (Lipinski definition) is 0. The van der Waals surface area contributed by atoms with Gasteiger partial charge in [0.25, 0.3) is 0 Å². The van der Waals surface area contributed by atoms with Crippen LogP contribution in [0.3, 0.4) is 0 Å². The monoisotopic (exact) mass is 632 g/mol. The zero-order valence-corrected chi connectivity index (χ0v) is 24.0. The zero-order valence-electron chi connectivity index (χ0n) is 52.0. The molecule has 11 aromatic carbocycles. The van der Waals surface area contributed by atoms with Gasteiger partial charge >= 0.3 is 0 Å². The van der Waals surface area contributed by atoms with Crippen LogP contribution in [0.5, 0.6) is 0 Å². The maximum atomic E-state index is 10.4. The largest absolute Gasteiger partial charge is 0.0636 e. The molecule has 0 nitrogen and oxygen atoms in total. The van der Waals surface area contributed by atoms with Gasteiger partial charge in [0.15, 0.2) is 0 Å². The van der Waals surface area contributed by atoms with Gasteiger partial charge in [0.05, 0.1) is 38.4 Å². The van der Waals surface area contributed by atoms with Crippen LogP contribution in [0.15, 0.2) is 169 Å². The minimum Gasteiger partial charge on any atom is -0.0616 e. The molecule has 0 atom stereocenters. The maximum Gasteiger partial charge on any atom is 0.0636 e. The van der Waals surface area contributed by atoms with E-state index in [0.717, 1.165) is 0 Å². The molecule has 0 unspecified atom stereocenters. The summed E-state index contributed by atoms with van der Waals surface area (Å²) in [4.78, 5) is 0. The third kappa shape index (κ3) is 3.55. The molecule has 0 saturated heterocycles. The summed E-state index contributed by atoms with van der Waals surface area (Å²) in [5, 5.41) is -7.04. The fourth-order valence-electron chi connectivity index (χ4n) is 6.41. The molecular weight excluding hydrogens is 577 g/mol. The minimum absolute atomic E-state index is 0.328. The van der Waals surface area contributed by atoms with Crippen LogP contribution in [0.2, 0.25) is 0 Å². The summed E-state index contributed by atoms with van der Waals surface area (Å²) in [7, 11) is 0. The average molecular weight is 633 g/mol. The highest BCUT2D eigenvalue weighted by molar-refractivity contribution is 6.27. The first-order valence-corrected chi connectivity index (χ1v) is 14.5. The van der Waals surface area contributed by atoms with Gasteiger partial charge in [-0.25, -0.2) is 0 Å². The van der Waals surface area contributed by atoms with Crippen LogP contribution < -0.4 is 0 Å². The van der Waals surface area contributed by atoms with Crippen molar-refractivity contribution in [2.75, 3.05) is 0 Å². The lowest BCUT2D eigenvalue weighted by Crippen LogP contribution is -1.92. The van der Waals surface area contributed by atoms with Gasteiger partial charge in [0.2, 0.25) is 0 Å². The molecule has 48 heavy (non-hydrogen) atoms. The molecule has 0 N–H and O–H groups in total. The van der Waals surface area contributed by atoms with E-state index in [1.807, 2.05) is 0 Å². The number of hydrogen-bond donors (Lipinski definition) is 0. The summed E-state index contributed by atoms with van der Waals surface area (Å²) < 4.78 is 257. The summed E-state index contributed by atoms with van der Waals surface area (Å²) in [6, 6.07) is -25.0. The van der Waals surface area contributed by atoms with E-state index < -0.39 is 262 Å². The fraction of sp³-hybridized carbons (Fsp3) is 0. The molecule has 0 amide bonds. The van der Waals surface area contributed by atoms with E-state index in [4.69, 9.17) is 21.9 Å². The Labute approximate surface area is 317 Å². The van der Waals surface area contributed by atoms with Crippen molar-refractivity contribution < 1.29 is 38.4 Å². The minimum atomic E-state index is -1.14. The van der Waals surface area contributed by atoms with Crippen molar-refractivity contribution in [2.45, 2.75) is 0 Å². The van der Waals surface area contributed by atoms with Crippen LogP contribution in [0.1, 0.15) is 38.4 Å². The van der Waals surface area contributed by atoms with E-state index in [0.29, 0.717) is 0 Å². The van der Waals surface area contributed by atoms with E-state index in [-0.39, 0.29) is 16.2 Å². The first kappa shape index (κ1) is 10.9. The standard InChI is InChI=1S/C48H28/c1-2-12-37-29(6-1)7-5-13-39(37)40-25-22-36(38-23-18-34-16-14-30-8-3-10-32-20-26-42(38)47(34)45(30)32)28-44(40)41-24-19-35-17-15-31-9-4-11-33-21-27-43(41)48(35)46(31)33/h1-28H/i1D,2D,3D,4D,5D,6D,7D,8D,9D,10D,11D,12D,13D,14D,15D,16D,17D,18D,19D,20D,21D,22D,23D,24D,25D,26D,27D,28D. The summed E-state index contributed by atoms with van der Waals surface area (Å²) in [6.07, 6.45) is 0. The third-order valence-corrected chi connectivity index (χ3v) is 8.50. The molecule has 11 rings (SSSR count). The molecule has 0 bridgehead atoms. The molecule has 0 aliphatic carbocycles. The average Bonchev–Trinajstić information content (AvgIpc) is 3.18. The van der Waals surface area contributed by atoms with Crippen molar-refractivity contribution >= 4 is 75.4 Å². The molecule has 0 aliphatic heterocycles. The Morgan fingerprint density at radius 2 is 0.688 bits per heavy atom. The molecule has 0 heterocycles. The maximum absolute atomic E-state index is 10.4. The lowest BCUT2D eigenvalue weighted by molar-refractivity contribution is 1.61. The number of fused-ring (bicyclic) bond motifs is 1. The van der Waals surface area contributed by atoms with Gasteiger partial charge in [-0.3, -0.25) is 0 Å². The van der Waals surface area contributed by atoms with Crippen LogP contribution in [0.4, 0.5) is 0 Å².